The van der Waals surface area contributed by atoms with Gasteiger partial charge in [-0.2, -0.15) is 13.2 Å². The molecule has 0 amide bonds. The number of carbonyl (C=O) groups is 1. The summed E-state index contributed by atoms with van der Waals surface area (Å²) < 4.78 is 40.8. The number of ether oxygens (including phenoxy) is 1. The molecule has 0 aliphatic carbocycles. The Morgan fingerprint density at radius 2 is 1.89 bits per heavy atom. The van der Waals surface area contributed by atoms with Crippen molar-refractivity contribution in [2.24, 2.45) is 0 Å². The van der Waals surface area contributed by atoms with Gasteiger partial charge in [0.15, 0.2) is 0 Å². The van der Waals surface area contributed by atoms with Gasteiger partial charge in [0.05, 0.1) is 0 Å². The highest BCUT2D eigenvalue weighted by Crippen LogP contribution is 2.36. The highest BCUT2D eigenvalue weighted by atomic mass is 35.5. The van der Waals surface area contributed by atoms with E-state index in [0.29, 0.717) is 4.90 Å². The fourth-order valence-electron chi connectivity index (χ4n) is 1.14. The smallest absolute Gasteiger partial charge is 0.427 e. The third-order valence-electron chi connectivity index (χ3n) is 1.85. The number of rotatable bonds is 4. The maximum atomic E-state index is 12.7. The van der Waals surface area contributed by atoms with Gasteiger partial charge < -0.3 is 4.74 Å². The van der Waals surface area contributed by atoms with Crippen molar-refractivity contribution in [2.45, 2.75) is 28.8 Å². The highest BCUT2D eigenvalue weighted by molar-refractivity contribution is 8.01. The van der Waals surface area contributed by atoms with E-state index in [0.717, 1.165) is 18.7 Å². The Balaban J connectivity index is 2.77. The van der Waals surface area contributed by atoms with E-state index in [4.69, 9.17) is 11.6 Å². The van der Waals surface area contributed by atoms with Crippen molar-refractivity contribution in [1.29, 1.82) is 0 Å². The highest BCUT2D eigenvalue weighted by Gasteiger charge is 2.47. The number of carbonyl (C=O) groups excluding carboxylic acids is 1. The van der Waals surface area contributed by atoms with Crippen molar-refractivity contribution in [3.05, 3.63) is 30.3 Å². The van der Waals surface area contributed by atoms with Gasteiger partial charge in [0.1, 0.15) is 4.71 Å². The van der Waals surface area contributed by atoms with Gasteiger partial charge in [-0.1, -0.05) is 18.2 Å². The van der Waals surface area contributed by atoms with Crippen LogP contribution in [0.3, 0.4) is 0 Å². The second-order valence-electron chi connectivity index (χ2n) is 3.35. The lowest BCUT2D eigenvalue weighted by atomic mass is 10.4. The van der Waals surface area contributed by atoms with E-state index < -0.39 is 23.0 Å². The van der Waals surface area contributed by atoms with E-state index in [1.165, 1.54) is 0 Å². The zero-order chi connectivity index (χ0) is 13.8. The van der Waals surface area contributed by atoms with Crippen molar-refractivity contribution in [3.8, 4) is 0 Å². The van der Waals surface area contributed by atoms with Crippen LogP contribution in [0.5, 0.6) is 0 Å². The van der Waals surface area contributed by atoms with Crippen LogP contribution in [-0.2, 0) is 9.53 Å². The van der Waals surface area contributed by atoms with Gasteiger partial charge in [-0.15, -0.1) is 23.4 Å². The van der Waals surface area contributed by atoms with Gasteiger partial charge in [-0.25, -0.2) is 0 Å². The maximum Gasteiger partial charge on any atom is 0.427 e. The van der Waals surface area contributed by atoms with E-state index >= 15 is 0 Å². The third kappa shape index (κ3) is 4.78. The number of alkyl halides is 4. The molecule has 2 unspecified atom stereocenters. The fraction of sp³-hybridized carbons (Fsp3) is 0.364. The summed E-state index contributed by atoms with van der Waals surface area (Å²) in [6, 6.07) is 8.35. The number of esters is 1. The topological polar surface area (TPSA) is 26.3 Å². The molecule has 100 valence electrons. The fourth-order valence-corrected chi connectivity index (χ4v) is 2.55. The van der Waals surface area contributed by atoms with Crippen LogP contribution in [0.2, 0.25) is 0 Å². The Hall–Kier alpha value is -0.880. The monoisotopic (exact) mass is 298 g/mol. The lowest BCUT2D eigenvalue weighted by Crippen LogP contribution is -2.39. The zero-order valence-corrected chi connectivity index (χ0v) is 10.9. The first-order valence-corrected chi connectivity index (χ1v) is 6.22. The second kappa shape index (κ2) is 6.33. The third-order valence-corrected chi connectivity index (χ3v) is 3.36. The van der Waals surface area contributed by atoms with Gasteiger partial charge in [0, 0.05) is 11.8 Å². The Morgan fingerprint density at radius 1 is 1.33 bits per heavy atom. The second-order valence-corrected chi connectivity index (χ2v) is 5.30. The van der Waals surface area contributed by atoms with Crippen molar-refractivity contribution in [1.82, 2.24) is 0 Å². The Morgan fingerprint density at radius 3 is 2.33 bits per heavy atom. The Labute approximate surface area is 111 Å². The number of halogens is 4. The summed E-state index contributed by atoms with van der Waals surface area (Å²) in [7, 11) is 0. The molecule has 18 heavy (non-hydrogen) atoms. The van der Waals surface area contributed by atoms with Gasteiger partial charge >= 0.3 is 12.1 Å². The van der Waals surface area contributed by atoms with Crippen molar-refractivity contribution >= 4 is 29.3 Å². The first-order valence-electron chi connectivity index (χ1n) is 4.90. The molecule has 0 saturated heterocycles. The molecule has 0 saturated carbocycles. The van der Waals surface area contributed by atoms with Crippen LogP contribution in [0, 0.1) is 0 Å². The summed E-state index contributed by atoms with van der Waals surface area (Å²) in [5, 5.41) is 0. The molecule has 1 aromatic rings. The number of hydrogen-bond acceptors (Lipinski definition) is 3. The van der Waals surface area contributed by atoms with E-state index in [1.54, 1.807) is 30.3 Å². The molecule has 0 fully saturated rings. The summed E-state index contributed by atoms with van der Waals surface area (Å²) in [5.74, 6) is -1.02. The summed E-state index contributed by atoms with van der Waals surface area (Å²) >= 11 is 6.46. The average molecular weight is 299 g/mol. The summed E-state index contributed by atoms with van der Waals surface area (Å²) in [4.78, 5) is 11.2. The maximum absolute atomic E-state index is 12.7. The largest absolute Gasteiger partial charge is 0.450 e. The summed E-state index contributed by atoms with van der Waals surface area (Å²) in [6.07, 6.45) is -7.03. The standard InChI is InChI=1S/C11H10ClF3O2S/c1-7(16)17-9(11(13,14)15)10(12)18-8-5-3-2-4-6-8/h2-6,9-10H,1H3. The quantitative estimate of drug-likeness (QED) is 0.480. The molecule has 0 radical (unpaired) electrons. The van der Waals surface area contributed by atoms with Crippen LogP contribution < -0.4 is 0 Å². The molecular weight excluding hydrogens is 289 g/mol. The van der Waals surface area contributed by atoms with Gasteiger partial charge in [-0.3, -0.25) is 4.79 Å². The summed E-state index contributed by atoms with van der Waals surface area (Å²) in [6.45, 7) is 0.912. The van der Waals surface area contributed by atoms with Gasteiger partial charge in [0.25, 0.3) is 0 Å². The molecule has 0 aliphatic rings. The predicted octanol–water partition coefficient (Wildman–Crippen LogP) is 3.84. The van der Waals surface area contributed by atoms with Crippen LogP contribution in [-0.4, -0.2) is 23.0 Å². The van der Waals surface area contributed by atoms with E-state index in [9.17, 15) is 18.0 Å². The number of thioether (sulfide) groups is 1. The van der Waals surface area contributed by atoms with Gasteiger partial charge in [0.2, 0.25) is 6.10 Å². The number of hydrogen-bond donors (Lipinski definition) is 0. The minimum absolute atomic E-state index is 0.568. The van der Waals surface area contributed by atoms with Crippen LogP contribution >= 0.6 is 23.4 Å². The van der Waals surface area contributed by atoms with Crippen LogP contribution in [0.25, 0.3) is 0 Å². The van der Waals surface area contributed by atoms with Crippen LogP contribution in [0.15, 0.2) is 35.2 Å². The molecule has 0 N–H and O–H groups in total. The SMILES string of the molecule is CC(=O)OC(C(Cl)Sc1ccccc1)C(F)(F)F. The molecule has 0 bridgehead atoms. The molecule has 2 nitrogen and oxygen atoms in total. The van der Waals surface area contributed by atoms with Crippen LogP contribution in [0.1, 0.15) is 6.92 Å². The van der Waals surface area contributed by atoms with E-state index in [2.05, 4.69) is 4.74 Å². The summed E-state index contributed by atoms with van der Waals surface area (Å²) in [5.41, 5.74) is 0. The minimum atomic E-state index is -4.69. The van der Waals surface area contributed by atoms with Gasteiger partial charge in [-0.05, 0) is 12.1 Å². The zero-order valence-electron chi connectivity index (χ0n) is 9.28. The van der Waals surface area contributed by atoms with Crippen molar-refractivity contribution in [3.63, 3.8) is 0 Å². The molecule has 0 heterocycles. The molecule has 0 spiro atoms. The molecule has 2 atom stereocenters. The molecule has 1 rings (SSSR count). The normalized spacial score (nSPS) is 14.9. The van der Waals surface area contributed by atoms with E-state index in [1.807, 2.05) is 0 Å². The molecule has 7 heteroatoms. The van der Waals surface area contributed by atoms with Crippen molar-refractivity contribution in [2.75, 3.05) is 0 Å². The Kier molecular flexibility index (Phi) is 5.34. The first kappa shape index (κ1) is 15.2. The Bertz CT molecular complexity index is 397. The lowest BCUT2D eigenvalue weighted by Gasteiger charge is -2.23. The predicted molar refractivity (Wildman–Crippen MR) is 63.5 cm³/mol. The van der Waals surface area contributed by atoms with E-state index in [-0.39, 0.29) is 0 Å². The molecule has 0 aliphatic heterocycles. The number of benzene rings is 1. The minimum Gasteiger partial charge on any atom is -0.450 e. The molecule has 0 aromatic heterocycles. The average Bonchev–Trinajstić information content (AvgIpc) is 2.25. The molecule has 1 aromatic carbocycles. The van der Waals surface area contributed by atoms with Crippen molar-refractivity contribution < 1.29 is 22.7 Å². The molecular formula is C11H10ClF3O2S. The lowest BCUT2D eigenvalue weighted by molar-refractivity contribution is -0.215. The van der Waals surface area contributed by atoms with Crippen LogP contribution in [0.4, 0.5) is 13.2 Å². The first-order chi connectivity index (χ1) is 8.30.